The topological polar surface area (TPSA) is 97.7 Å². The molecule has 1 amide bonds. The number of aromatic nitrogens is 1. The number of benzene rings is 2. The molecule has 2 heterocycles. The van der Waals surface area contributed by atoms with E-state index < -0.39 is 22.1 Å². The lowest BCUT2D eigenvalue weighted by atomic mass is 9.81. The summed E-state index contributed by atoms with van der Waals surface area (Å²) in [5.74, 6) is -0.758. The van der Waals surface area contributed by atoms with E-state index in [-0.39, 0.29) is 12.1 Å². The van der Waals surface area contributed by atoms with Gasteiger partial charge in [-0.05, 0) is 48.1 Å². The van der Waals surface area contributed by atoms with Gasteiger partial charge in [0.1, 0.15) is 0 Å². The van der Waals surface area contributed by atoms with Crippen molar-refractivity contribution < 1.29 is 22.7 Å². The second-order valence-electron chi connectivity index (χ2n) is 9.88. The van der Waals surface area contributed by atoms with Gasteiger partial charge >= 0.3 is 16.2 Å². The zero-order valence-electron chi connectivity index (χ0n) is 21.3. The SMILES string of the molecule is COC(=O)C1=Cc2ccccc2-c2c(C3CCCCC3)c3ccc(C(=O)NS(=O)(=O)N(C)C)cc3n2C1. The van der Waals surface area contributed by atoms with Gasteiger partial charge in [-0.25, -0.2) is 9.52 Å². The van der Waals surface area contributed by atoms with Crippen LogP contribution in [0, 0.1) is 0 Å². The molecule has 1 fully saturated rings. The number of ether oxygens (including phenoxy) is 1. The van der Waals surface area contributed by atoms with E-state index in [1.54, 1.807) is 12.1 Å². The molecule has 0 radical (unpaired) electrons. The number of methoxy groups -OCH3 is 1. The monoisotopic (exact) mass is 521 g/mol. The molecule has 8 nitrogen and oxygen atoms in total. The first-order valence-electron chi connectivity index (χ1n) is 12.5. The van der Waals surface area contributed by atoms with Gasteiger partial charge < -0.3 is 9.30 Å². The summed E-state index contributed by atoms with van der Waals surface area (Å²) in [5, 5.41) is 1.02. The van der Waals surface area contributed by atoms with Crippen LogP contribution in [0.2, 0.25) is 0 Å². The molecule has 2 aliphatic rings. The molecular formula is C28H31N3O5S. The van der Waals surface area contributed by atoms with Crippen molar-refractivity contribution in [1.29, 1.82) is 0 Å². The fourth-order valence-electron chi connectivity index (χ4n) is 5.54. The van der Waals surface area contributed by atoms with Crippen molar-refractivity contribution in [1.82, 2.24) is 13.6 Å². The lowest BCUT2D eigenvalue weighted by molar-refractivity contribution is -0.136. The second kappa shape index (κ2) is 9.79. The van der Waals surface area contributed by atoms with Gasteiger partial charge in [0.25, 0.3) is 5.91 Å². The minimum absolute atomic E-state index is 0.231. The van der Waals surface area contributed by atoms with Crippen LogP contribution in [0.15, 0.2) is 48.0 Å². The van der Waals surface area contributed by atoms with Crippen molar-refractivity contribution in [3.63, 3.8) is 0 Å². The summed E-state index contributed by atoms with van der Waals surface area (Å²) in [7, 11) is 0.153. The summed E-state index contributed by atoms with van der Waals surface area (Å²) in [6, 6.07) is 13.3. The Hall–Kier alpha value is -3.43. The van der Waals surface area contributed by atoms with Crippen molar-refractivity contribution >= 4 is 39.1 Å². The molecule has 3 aromatic rings. The summed E-state index contributed by atoms with van der Waals surface area (Å²) < 4.78 is 34.8. The highest BCUT2D eigenvalue weighted by Crippen LogP contribution is 2.46. The van der Waals surface area contributed by atoms with Gasteiger partial charge in [0, 0.05) is 36.1 Å². The van der Waals surface area contributed by atoms with Gasteiger partial charge in [0.15, 0.2) is 0 Å². The molecule has 0 saturated heterocycles. The molecule has 9 heteroatoms. The molecule has 1 aliphatic heterocycles. The number of hydrogen-bond acceptors (Lipinski definition) is 5. The van der Waals surface area contributed by atoms with Crippen LogP contribution in [0.4, 0.5) is 0 Å². The summed E-state index contributed by atoms with van der Waals surface area (Å²) in [4.78, 5) is 25.7. The third-order valence-corrected chi connectivity index (χ3v) is 8.81. The average molecular weight is 522 g/mol. The Morgan fingerprint density at radius 1 is 1.05 bits per heavy atom. The average Bonchev–Trinajstić information content (AvgIpc) is 3.10. The first-order valence-corrected chi connectivity index (χ1v) is 13.9. The third-order valence-electron chi connectivity index (χ3n) is 7.40. The van der Waals surface area contributed by atoms with Crippen LogP contribution in [-0.4, -0.2) is 50.4 Å². The van der Waals surface area contributed by atoms with E-state index in [4.69, 9.17) is 4.74 Å². The highest BCUT2D eigenvalue weighted by atomic mass is 32.2. The number of nitrogens with zero attached hydrogens (tertiary/aromatic N) is 2. The van der Waals surface area contributed by atoms with Crippen molar-refractivity contribution in [3.05, 3.63) is 64.7 Å². The maximum Gasteiger partial charge on any atom is 0.335 e. The molecule has 5 rings (SSSR count). The van der Waals surface area contributed by atoms with Crippen molar-refractivity contribution in [2.24, 2.45) is 0 Å². The predicted molar refractivity (Wildman–Crippen MR) is 143 cm³/mol. The zero-order chi connectivity index (χ0) is 26.3. The van der Waals surface area contributed by atoms with Gasteiger partial charge in [0.05, 0.1) is 24.9 Å². The molecule has 0 spiro atoms. The van der Waals surface area contributed by atoms with E-state index in [0.717, 1.165) is 57.7 Å². The van der Waals surface area contributed by atoms with Gasteiger partial charge in [-0.15, -0.1) is 0 Å². The summed E-state index contributed by atoms with van der Waals surface area (Å²) in [6.07, 6.45) is 7.58. The zero-order valence-corrected chi connectivity index (χ0v) is 22.1. The van der Waals surface area contributed by atoms with Crippen LogP contribution < -0.4 is 4.72 Å². The van der Waals surface area contributed by atoms with E-state index in [9.17, 15) is 18.0 Å². The summed E-state index contributed by atoms with van der Waals surface area (Å²) in [6.45, 7) is 0.279. The Labute approximate surface area is 217 Å². The minimum atomic E-state index is -3.94. The lowest BCUT2D eigenvalue weighted by Crippen LogP contribution is -2.39. The molecular weight excluding hydrogens is 490 g/mol. The van der Waals surface area contributed by atoms with Gasteiger partial charge in [-0.2, -0.15) is 12.7 Å². The maximum absolute atomic E-state index is 13.0. The van der Waals surface area contributed by atoms with Crippen LogP contribution in [0.25, 0.3) is 28.2 Å². The molecule has 1 aromatic heterocycles. The van der Waals surface area contributed by atoms with Crippen LogP contribution in [0.5, 0.6) is 0 Å². The van der Waals surface area contributed by atoms with Gasteiger partial charge in [-0.3, -0.25) is 4.79 Å². The largest absolute Gasteiger partial charge is 0.466 e. The van der Waals surface area contributed by atoms with E-state index in [2.05, 4.69) is 15.4 Å². The first-order chi connectivity index (χ1) is 17.7. The Balaban J connectivity index is 1.75. The van der Waals surface area contributed by atoms with Crippen LogP contribution in [-0.2, 0) is 26.3 Å². The number of carbonyl (C=O) groups is 2. The molecule has 194 valence electrons. The number of amides is 1. The number of carbonyl (C=O) groups excluding carboxylic acids is 2. The molecule has 0 atom stereocenters. The van der Waals surface area contributed by atoms with Crippen molar-refractivity contribution in [2.45, 2.75) is 44.6 Å². The number of hydrogen-bond donors (Lipinski definition) is 1. The van der Waals surface area contributed by atoms with Crippen molar-refractivity contribution in [2.75, 3.05) is 21.2 Å². The van der Waals surface area contributed by atoms with E-state index in [0.29, 0.717) is 11.5 Å². The summed E-state index contributed by atoms with van der Waals surface area (Å²) in [5.41, 5.74) is 5.77. The third kappa shape index (κ3) is 4.57. The molecule has 0 bridgehead atoms. The van der Waals surface area contributed by atoms with Crippen LogP contribution in [0.1, 0.15) is 59.5 Å². The van der Waals surface area contributed by atoms with Gasteiger partial charge in [-0.1, -0.05) is 49.6 Å². The molecule has 2 aromatic carbocycles. The Morgan fingerprint density at radius 3 is 2.49 bits per heavy atom. The first kappa shape index (κ1) is 25.2. The fourth-order valence-corrected chi connectivity index (χ4v) is 6.08. The van der Waals surface area contributed by atoms with E-state index in [1.807, 2.05) is 30.3 Å². The van der Waals surface area contributed by atoms with E-state index in [1.165, 1.54) is 33.2 Å². The van der Waals surface area contributed by atoms with E-state index >= 15 is 0 Å². The van der Waals surface area contributed by atoms with Gasteiger partial charge in [0.2, 0.25) is 0 Å². The fraction of sp³-hybridized carbons (Fsp3) is 0.357. The molecule has 0 unspecified atom stereocenters. The minimum Gasteiger partial charge on any atom is -0.466 e. The van der Waals surface area contributed by atoms with Crippen LogP contribution >= 0.6 is 0 Å². The van der Waals surface area contributed by atoms with Crippen LogP contribution in [0.3, 0.4) is 0 Å². The number of rotatable bonds is 5. The predicted octanol–water partition coefficient (Wildman–Crippen LogP) is 4.46. The lowest BCUT2D eigenvalue weighted by Gasteiger charge is -2.24. The highest BCUT2D eigenvalue weighted by Gasteiger charge is 2.30. The molecule has 1 N–H and O–H groups in total. The maximum atomic E-state index is 13.0. The number of esters is 1. The second-order valence-corrected chi connectivity index (χ2v) is 11.8. The standard InChI is InChI=1S/C28H31N3O5S/c1-30(2)37(34,35)29-27(32)20-13-14-23-24(16-20)31-17-21(28(33)36-3)15-19-11-7-8-12-22(19)26(31)25(23)18-9-5-4-6-10-18/h7-8,11-16,18H,4-6,9-10,17H2,1-3H3,(H,29,32). The normalized spacial score (nSPS) is 16.1. The molecule has 1 saturated carbocycles. The quantitative estimate of drug-likeness (QED) is 0.500. The smallest absolute Gasteiger partial charge is 0.335 e. The summed E-state index contributed by atoms with van der Waals surface area (Å²) >= 11 is 0. The Kier molecular flexibility index (Phi) is 6.68. The molecule has 37 heavy (non-hydrogen) atoms. The molecule has 1 aliphatic carbocycles. The Morgan fingerprint density at radius 2 is 1.78 bits per heavy atom. The number of nitrogens with one attached hydrogen (secondary N) is 1. The highest BCUT2D eigenvalue weighted by molar-refractivity contribution is 7.87. The number of fused-ring (bicyclic) bond motifs is 5. The Bertz CT molecular complexity index is 1530. The van der Waals surface area contributed by atoms with Crippen molar-refractivity contribution in [3.8, 4) is 11.3 Å².